The summed E-state index contributed by atoms with van der Waals surface area (Å²) in [6.07, 6.45) is 8.71. The number of aliphatic hydroxyl groups excluding tert-OH is 1. The van der Waals surface area contributed by atoms with Crippen LogP contribution in [0.3, 0.4) is 0 Å². The number of ether oxygens (including phenoxy) is 3. The Labute approximate surface area is 174 Å². The van der Waals surface area contributed by atoms with Crippen LogP contribution in [-0.4, -0.2) is 37.8 Å². The fourth-order valence-corrected chi connectivity index (χ4v) is 7.06. The van der Waals surface area contributed by atoms with Gasteiger partial charge in [-0.2, -0.15) is 0 Å². The van der Waals surface area contributed by atoms with Gasteiger partial charge in [0.2, 0.25) is 0 Å². The normalized spacial score (nSPS) is 41.3. The van der Waals surface area contributed by atoms with E-state index < -0.39 is 0 Å². The predicted octanol–water partition coefficient (Wildman–Crippen LogP) is 5.00. The van der Waals surface area contributed by atoms with Crippen LogP contribution in [0.25, 0.3) is 0 Å². The second kappa shape index (κ2) is 7.86. The van der Waals surface area contributed by atoms with Gasteiger partial charge in [0.15, 0.2) is 6.29 Å². The lowest BCUT2D eigenvalue weighted by Gasteiger charge is -2.51. The number of benzene rings is 1. The van der Waals surface area contributed by atoms with Gasteiger partial charge in [0.05, 0.1) is 19.3 Å². The fourth-order valence-electron chi connectivity index (χ4n) is 7.06. The molecule has 0 bridgehead atoms. The molecule has 7 atom stereocenters. The quantitative estimate of drug-likeness (QED) is 0.773. The highest BCUT2D eigenvalue weighted by Crippen LogP contribution is 2.62. The summed E-state index contributed by atoms with van der Waals surface area (Å²) in [6, 6.07) is 6.74. The van der Waals surface area contributed by atoms with E-state index in [1.54, 1.807) is 0 Å². The monoisotopic (exact) mass is 400 g/mol. The third kappa shape index (κ3) is 3.41. The summed E-state index contributed by atoms with van der Waals surface area (Å²) >= 11 is 0. The molecule has 160 valence electrons. The predicted molar refractivity (Wildman–Crippen MR) is 112 cm³/mol. The largest absolute Gasteiger partial charge is 0.465 e. The molecule has 4 heteroatoms. The van der Waals surface area contributed by atoms with Crippen molar-refractivity contribution in [3.05, 3.63) is 29.3 Å². The molecule has 1 saturated heterocycles. The second-order valence-electron chi connectivity index (χ2n) is 10.1. The second-order valence-corrected chi connectivity index (χ2v) is 10.1. The first-order valence-electron chi connectivity index (χ1n) is 11.7. The van der Waals surface area contributed by atoms with Gasteiger partial charge in [0.1, 0.15) is 5.75 Å². The Morgan fingerprint density at radius 2 is 2.03 bits per heavy atom. The Hall–Kier alpha value is -1.10. The fraction of sp³-hybridized carbons (Fsp3) is 0.760. The Bertz CT molecular complexity index is 728. The van der Waals surface area contributed by atoms with Crippen molar-refractivity contribution in [2.45, 2.75) is 82.5 Å². The van der Waals surface area contributed by atoms with Crippen LogP contribution < -0.4 is 4.74 Å². The van der Waals surface area contributed by atoms with Crippen molar-refractivity contribution in [2.24, 2.45) is 17.3 Å². The number of hydrogen-bond acceptors (Lipinski definition) is 4. The van der Waals surface area contributed by atoms with Crippen LogP contribution in [0.2, 0.25) is 0 Å². The summed E-state index contributed by atoms with van der Waals surface area (Å²) in [4.78, 5) is 0. The van der Waals surface area contributed by atoms with Crippen molar-refractivity contribution in [2.75, 3.05) is 20.3 Å². The summed E-state index contributed by atoms with van der Waals surface area (Å²) in [6.45, 7) is 3.90. The van der Waals surface area contributed by atoms with E-state index in [0.717, 1.165) is 44.6 Å². The lowest BCUT2D eigenvalue weighted by molar-refractivity contribution is -0.106. The molecule has 5 rings (SSSR count). The molecule has 0 aromatic heterocycles. The number of rotatable bonds is 4. The zero-order chi connectivity index (χ0) is 20.0. The highest BCUT2D eigenvalue weighted by atomic mass is 16.7. The molecule has 29 heavy (non-hydrogen) atoms. The van der Waals surface area contributed by atoms with Crippen LogP contribution in [0, 0.1) is 17.3 Å². The molecule has 0 amide bonds. The minimum atomic E-state index is -0.123. The summed E-state index contributed by atoms with van der Waals surface area (Å²) in [7, 11) is 1.81. The van der Waals surface area contributed by atoms with Gasteiger partial charge in [0.25, 0.3) is 0 Å². The number of aliphatic hydroxyl groups is 1. The Morgan fingerprint density at radius 1 is 1.14 bits per heavy atom. The highest BCUT2D eigenvalue weighted by molar-refractivity contribution is 5.43. The molecule has 1 aromatic rings. The van der Waals surface area contributed by atoms with E-state index >= 15 is 0 Å². The molecule has 0 spiro atoms. The van der Waals surface area contributed by atoms with Gasteiger partial charge in [-0.15, -0.1) is 0 Å². The van der Waals surface area contributed by atoms with E-state index in [-0.39, 0.29) is 17.8 Å². The summed E-state index contributed by atoms with van der Waals surface area (Å²) in [5, 5.41) is 10.7. The van der Waals surface area contributed by atoms with Gasteiger partial charge in [-0.1, -0.05) is 13.0 Å². The topological polar surface area (TPSA) is 47.9 Å². The van der Waals surface area contributed by atoms with Gasteiger partial charge in [0, 0.05) is 19.4 Å². The van der Waals surface area contributed by atoms with Gasteiger partial charge < -0.3 is 19.3 Å². The van der Waals surface area contributed by atoms with Gasteiger partial charge in [-0.25, -0.2) is 0 Å². The molecule has 3 aliphatic carbocycles. The van der Waals surface area contributed by atoms with E-state index in [1.165, 1.54) is 36.8 Å². The molecular weight excluding hydrogens is 364 g/mol. The molecule has 4 aliphatic rings. The molecule has 1 N–H and O–H groups in total. The first kappa shape index (κ1) is 19.8. The zero-order valence-corrected chi connectivity index (χ0v) is 17.9. The van der Waals surface area contributed by atoms with Crippen molar-refractivity contribution in [3.8, 4) is 5.75 Å². The van der Waals surface area contributed by atoms with Crippen LogP contribution in [0.5, 0.6) is 5.75 Å². The van der Waals surface area contributed by atoms with E-state index in [4.69, 9.17) is 14.2 Å². The molecule has 4 unspecified atom stereocenters. The first-order chi connectivity index (χ1) is 14.1. The van der Waals surface area contributed by atoms with E-state index in [1.807, 2.05) is 7.11 Å². The molecular formula is C25H36O4. The SMILES string of the molecule is COC[C@@H]1CC2C(CC[C@@]3(C)C2CC[C@@H]3O)c2ccc(OC3CCCCO3)cc21. The molecule has 1 aromatic carbocycles. The van der Waals surface area contributed by atoms with E-state index in [9.17, 15) is 5.11 Å². The number of hydrogen-bond donors (Lipinski definition) is 1. The van der Waals surface area contributed by atoms with Crippen molar-refractivity contribution in [1.82, 2.24) is 0 Å². The molecule has 1 aliphatic heterocycles. The smallest absolute Gasteiger partial charge is 0.199 e. The number of fused-ring (bicyclic) bond motifs is 5. The van der Waals surface area contributed by atoms with Gasteiger partial charge in [-0.05, 0) is 91.4 Å². The van der Waals surface area contributed by atoms with E-state index in [2.05, 4.69) is 25.1 Å². The van der Waals surface area contributed by atoms with Gasteiger partial charge in [-0.3, -0.25) is 0 Å². The van der Waals surface area contributed by atoms with Crippen LogP contribution in [-0.2, 0) is 9.47 Å². The maximum Gasteiger partial charge on any atom is 0.199 e. The van der Waals surface area contributed by atoms with Gasteiger partial charge >= 0.3 is 0 Å². The third-order valence-corrected chi connectivity index (χ3v) is 8.61. The van der Waals surface area contributed by atoms with Crippen molar-refractivity contribution in [3.63, 3.8) is 0 Å². The summed E-state index contributed by atoms with van der Waals surface area (Å²) in [5.74, 6) is 3.25. The maximum atomic E-state index is 10.7. The lowest BCUT2D eigenvalue weighted by Crippen LogP contribution is -2.44. The summed E-state index contributed by atoms with van der Waals surface area (Å²) in [5.41, 5.74) is 3.03. The Kier molecular flexibility index (Phi) is 5.38. The average molecular weight is 401 g/mol. The molecule has 4 nitrogen and oxygen atoms in total. The van der Waals surface area contributed by atoms with Crippen molar-refractivity contribution >= 4 is 0 Å². The van der Waals surface area contributed by atoms with Crippen molar-refractivity contribution in [1.29, 1.82) is 0 Å². The van der Waals surface area contributed by atoms with Crippen LogP contribution in [0.4, 0.5) is 0 Å². The van der Waals surface area contributed by atoms with Crippen molar-refractivity contribution < 1.29 is 19.3 Å². The van der Waals surface area contributed by atoms with E-state index in [0.29, 0.717) is 23.7 Å². The zero-order valence-electron chi connectivity index (χ0n) is 17.9. The Morgan fingerprint density at radius 3 is 2.83 bits per heavy atom. The standard InChI is InChI=1S/C25H36O4/c1-25-11-10-19-18-7-6-17(29-24-5-3-4-12-28-24)14-20(18)16(15-27-2)13-21(19)22(25)8-9-23(25)26/h6-7,14,16,19,21-24,26H,3-5,8-13,15H2,1-2H3/t16-,19?,21?,22?,23-,24?,25-/m0/s1. The average Bonchev–Trinajstić information content (AvgIpc) is 3.04. The highest BCUT2D eigenvalue weighted by Gasteiger charge is 2.55. The Balaban J connectivity index is 1.44. The number of methoxy groups -OCH3 is 1. The first-order valence-corrected chi connectivity index (χ1v) is 11.7. The minimum Gasteiger partial charge on any atom is -0.465 e. The lowest BCUT2D eigenvalue weighted by atomic mass is 9.54. The molecule has 0 radical (unpaired) electrons. The summed E-state index contributed by atoms with van der Waals surface area (Å²) < 4.78 is 17.6. The van der Waals surface area contributed by atoms with Crippen LogP contribution in [0.15, 0.2) is 18.2 Å². The maximum absolute atomic E-state index is 10.7. The van der Waals surface area contributed by atoms with Crippen LogP contribution in [0.1, 0.15) is 81.3 Å². The molecule has 1 heterocycles. The van der Waals surface area contributed by atoms with Crippen LogP contribution >= 0.6 is 0 Å². The molecule has 3 fully saturated rings. The molecule has 2 saturated carbocycles. The third-order valence-electron chi connectivity index (χ3n) is 8.61. The minimum absolute atomic E-state index is 0.102.